The second kappa shape index (κ2) is 13.1. The molecule has 0 aliphatic heterocycles. The van der Waals surface area contributed by atoms with Crippen molar-refractivity contribution in [3.05, 3.63) is 111 Å². The zero-order chi connectivity index (χ0) is 29.5. The minimum atomic E-state index is -0.509. The summed E-state index contributed by atoms with van der Waals surface area (Å²) in [5, 5.41) is 3.07. The highest BCUT2D eigenvalue weighted by Gasteiger charge is 2.17. The smallest absolute Gasteiger partial charge is 0.274 e. The largest absolute Gasteiger partial charge is 0.496 e. The molecule has 9 heteroatoms. The molecule has 3 aromatic carbocycles. The van der Waals surface area contributed by atoms with Gasteiger partial charge in [-0.1, -0.05) is 48.0 Å². The molecular formula is C32H26ClFN2O5. The van der Waals surface area contributed by atoms with Crippen LogP contribution in [-0.4, -0.2) is 37.7 Å². The van der Waals surface area contributed by atoms with E-state index in [4.69, 9.17) is 21.1 Å². The van der Waals surface area contributed by atoms with Crippen molar-refractivity contribution >= 4 is 47.7 Å². The number of hydrogen-bond donors (Lipinski definition) is 1. The quantitative estimate of drug-likeness (QED) is 0.159. The van der Waals surface area contributed by atoms with Gasteiger partial charge in [-0.15, -0.1) is 0 Å². The first-order valence-electron chi connectivity index (χ1n) is 12.4. The van der Waals surface area contributed by atoms with E-state index in [0.29, 0.717) is 51.1 Å². The predicted molar refractivity (Wildman–Crippen MR) is 157 cm³/mol. The molecule has 208 valence electrons. The number of nitrogens with one attached hydrogen (secondary N) is 1. The number of rotatable bonds is 10. The lowest BCUT2D eigenvalue weighted by atomic mass is 9.95. The van der Waals surface area contributed by atoms with Crippen LogP contribution in [-0.2, 0) is 11.3 Å². The van der Waals surface area contributed by atoms with Crippen LogP contribution < -0.4 is 10.1 Å². The number of aromatic nitrogens is 1. The number of nitrogens with zero attached hydrogens (tertiary/aromatic N) is 1. The van der Waals surface area contributed by atoms with Crippen molar-refractivity contribution in [2.75, 3.05) is 19.5 Å². The number of benzene rings is 3. The Morgan fingerprint density at radius 3 is 2.41 bits per heavy atom. The SMILES string of the molecule is COCc1cc(C(=O)Nc2cccc(-c3cccc(/C=C(\F)c4ccc(C=O)c(OC)c4)c3C)c2Cl)ncc1C=O. The lowest BCUT2D eigenvalue weighted by Crippen LogP contribution is -2.15. The summed E-state index contributed by atoms with van der Waals surface area (Å²) in [6.07, 6.45) is 4.03. The molecular weight excluding hydrogens is 547 g/mol. The molecule has 1 heterocycles. The zero-order valence-electron chi connectivity index (χ0n) is 22.5. The summed E-state index contributed by atoms with van der Waals surface area (Å²) in [6.45, 7) is 2.00. The molecule has 4 aromatic rings. The van der Waals surface area contributed by atoms with E-state index in [1.165, 1.54) is 50.8 Å². The van der Waals surface area contributed by atoms with E-state index in [-0.39, 0.29) is 23.6 Å². The van der Waals surface area contributed by atoms with Crippen LogP contribution in [0.25, 0.3) is 23.0 Å². The molecule has 7 nitrogen and oxygen atoms in total. The van der Waals surface area contributed by atoms with Crippen molar-refractivity contribution in [1.29, 1.82) is 0 Å². The molecule has 0 spiro atoms. The minimum Gasteiger partial charge on any atom is -0.496 e. The van der Waals surface area contributed by atoms with E-state index in [1.807, 2.05) is 13.0 Å². The summed E-state index contributed by atoms with van der Waals surface area (Å²) < 4.78 is 25.6. The summed E-state index contributed by atoms with van der Waals surface area (Å²) in [7, 11) is 2.91. The normalized spacial score (nSPS) is 11.2. The van der Waals surface area contributed by atoms with Crippen LogP contribution in [0, 0.1) is 6.92 Å². The summed E-state index contributed by atoms with van der Waals surface area (Å²) in [5.41, 5.74) is 4.69. The van der Waals surface area contributed by atoms with Crippen LogP contribution in [0.15, 0.2) is 66.9 Å². The van der Waals surface area contributed by atoms with E-state index in [1.54, 1.807) is 30.3 Å². The number of carbonyl (C=O) groups excluding carboxylic acids is 3. The van der Waals surface area contributed by atoms with Crippen LogP contribution >= 0.6 is 11.6 Å². The van der Waals surface area contributed by atoms with E-state index in [0.717, 1.165) is 11.1 Å². The molecule has 1 aromatic heterocycles. The molecule has 0 saturated carbocycles. The Hall–Kier alpha value is -4.66. The fourth-order valence-corrected chi connectivity index (χ4v) is 4.59. The van der Waals surface area contributed by atoms with E-state index in [2.05, 4.69) is 10.3 Å². The molecule has 0 atom stereocenters. The molecule has 0 unspecified atom stereocenters. The Balaban J connectivity index is 1.65. The summed E-state index contributed by atoms with van der Waals surface area (Å²) >= 11 is 6.76. The second-order valence-electron chi connectivity index (χ2n) is 9.03. The van der Waals surface area contributed by atoms with Gasteiger partial charge in [-0.3, -0.25) is 19.4 Å². The van der Waals surface area contributed by atoms with Gasteiger partial charge in [0.1, 0.15) is 17.3 Å². The Kier molecular flexibility index (Phi) is 9.39. The van der Waals surface area contributed by atoms with Crippen molar-refractivity contribution in [3.8, 4) is 16.9 Å². The number of amides is 1. The molecule has 0 aliphatic carbocycles. The lowest BCUT2D eigenvalue weighted by Gasteiger charge is -2.15. The molecule has 1 amide bonds. The van der Waals surface area contributed by atoms with Crippen LogP contribution in [0.5, 0.6) is 5.75 Å². The predicted octanol–water partition coefficient (Wildman–Crippen LogP) is 7.21. The fraction of sp³-hybridized carbons (Fsp3) is 0.125. The van der Waals surface area contributed by atoms with Crippen LogP contribution in [0.3, 0.4) is 0 Å². The third-order valence-corrected chi connectivity index (χ3v) is 6.92. The molecule has 0 bridgehead atoms. The first kappa shape index (κ1) is 29.3. The Labute approximate surface area is 241 Å². The number of methoxy groups -OCH3 is 2. The van der Waals surface area contributed by atoms with Crippen LogP contribution in [0.4, 0.5) is 10.1 Å². The van der Waals surface area contributed by atoms with Gasteiger partial charge in [0.05, 0.1) is 30.0 Å². The summed E-state index contributed by atoms with van der Waals surface area (Å²) in [5.74, 6) is -0.735. The van der Waals surface area contributed by atoms with E-state index in [9.17, 15) is 14.4 Å². The van der Waals surface area contributed by atoms with Crippen LogP contribution in [0.2, 0.25) is 5.02 Å². The third kappa shape index (κ3) is 6.40. The number of anilines is 1. The number of carbonyl (C=O) groups is 3. The van der Waals surface area contributed by atoms with Crippen LogP contribution in [0.1, 0.15) is 53.5 Å². The fourth-order valence-electron chi connectivity index (χ4n) is 4.32. The third-order valence-electron chi connectivity index (χ3n) is 6.52. The van der Waals surface area contributed by atoms with Crippen molar-refractivity contribution in [2.24, 2.45) is 0 Å². The summed E-state index contributed by atoms with van der Waals surface area (Å²) in [4.78, 5) is 39.5. The molecule has 0 saturated heterocycles. The topological polar surface area (TPSA) is 94.6 Å². The maximum Gasteiger partial charge on any atom is 0.274 e. The van der Waals surface area contributed by atoms with Gasteiger partial charge >= 0.3 is 0 Å². The Morgan fingerprint density at radius 1 is 0.976 bits per heavy atom. The number of hydrogen-bond acceptors (Lipinski definition) is 6. The number of pyridine rings is 1. The van der Waals surface area contributed by atoms with Crippen molar-refractivity contribution in [3.63, 3.8) is 0 Å². The van der Waals surface area contributed by atoms with E-state index >= 15 is 4.39 Å². The molecule has 0 radical (unpaired) electrons. The highest BCUT2D eigenvalue weighted by molar-refractivity contribution is 6.36. The first-order valence-corrected chi connectivity index (χ1v) is 12.8. The second-order valence-corrected chi connectivity index (χ2v) is 9.41. The minimum absolute atomic E-state index is 0.0979. The Bertz CT molecular complexity index is 1670. The van der Waals surface area contributed by atoms with Gasteiger partial charge in [-0.05, 0) is 59.5 Å². The number of aldehydes is 2. The number of ether oxygens (including phenoxy) is 2. The van der Waals surface area contributed by atoms with Gasteiger partial charge in [0.2, 0.25) is 0 Å². The maximum atomic E-state index is 15.3. The lowest BCUT2D eigenvalue weighted by molar-refractivity contribution is 0.101. The first-order chi connectivity index (χ1) is 19.8. The Morgan fingerprint density at radius 2 is 1.71 bits per heavy atom. The highest BCUT2D eigenvalue weighted by Crippen LogP contribution is 2.37. The molecule has 4 rings (SSSR count). The van der Waals surface area contributed by atoms with Crippen molar-refractivity contribution in [2.45, 2.75) is 13.5 Å². The average molecular weight is 573 g/mol. The van der Waals surface area contributed by atoms with Gasteiger partial charge in [-0.2, -0.15) is 0 Å². The standard InChI is InChI=1S/C32H26ClFN2O5/c1-19-20(12-27(34)21-10-11-22(16-37)30(14-21)41-3)6-4-7-25(19)26-8-5-9-28(31(26)33)36-32(39)29-13-23(18-40-2)24(17-38)15-35-29/h4-17H,18H2,1-3H3,(H,36,39)/b27-12-. The van der Waals surface area contributed by atoms with Gasteiger partial charge in [0, 0.05) is 30.0 Å². The number of halogens is 2. The monoisotopic (exact) mass is 572 g/mol. The molecule has 0 fully saturated rings. The van der Waals surface area contributed by atoms with E-state index < -0.39 is 11.7 Å². The van der Waals surface area contributed by atoms with Crippen molar-refractivity contribution < 1.29 is 28.2 Å². The molecule has 41 heavy (non-hydrogen) atoms. The molecule has 0 aliphatic rings. The van der Waals surface area contributed by atoms with Crippen molar-refractivity contribution in [1.82, 2.24) is 4.98 Å². The van der Waals surface area contributed by atoms with Gasteiger partial charge in [0.25, 0.3) is 5.91 Å². The maximum absolute atomic E-state index is 15.3. The average Bonchev–Trinajstić information content (AvgIpc) is 2.99. The van der Waals surface area contributed by atoms with Gasteiger partial charge in [0.15, 0.2) is 12.6 Å². The van der Waals surface area contributed by atoms with Gasteiger partial charge < -0.3 is 14.8 Å². The van der Waals surface area contributed by atoms with Gasteiger partial charge in [-0.25, -0.2) is 4.39 Å². The summed E-state index contributed by atoms with van der Waals surface area (Å²) in [6, 6.07) is 16.6. The highest BCUT2D eigenvalue weighted by atomic mass is 35.5. The zero-order valence-corrected chi connectivity index (χ0v) is 23.3. The molecule has 1 N–H and O–H groups in total.